The molecule has 51 heavy (non-hydrogen) atoms. The van der Waals surface area contributed by atoms with Crippen LogP contribution < -0.4 is 0 Å². The number of benzene rings is 7. The van der Waals surface area contributed by atoms with Crippen molar-refractivity contribution in [2.24, 2.45) is 0 Å². The van der Waals surface area contributed by atoms with Gasteiger partial charge in [0.25, 0.3) is 0 Å². The normalized spacial score (nSPS) is 10.9. The SMILES string of the molecule is C=CCc1cccc(-c2cccc(-c3cccc(-c4cccc(-c5cccc(-c6nc(-c7ccccc7)nc(-c7ccccc7)n6)c5)c4)c3)c2)c1. The Labute approximate surface area is 299 Å². The Bertz CT molecular complexity index is 2410. The van der Waals surface area contributed by atoms with Gasteiger partial charge in [-0.15, -0.1) is 6.58 Å². The van der Waals surface area contributed by atoms with E-state index in [2.05, 4.69) is 128 Å². The number of rotatable bonds is 9. The lowest BCUT2D eigenvalue weighted by molar-refractivity contribution is 1.07. The first-order chi connectivity index (χ1) is 25.2. The molecule has 0 aliphatic rings. The van der Waals surface area contributed by atoms with Crippen LogP contribution in [0.4, 0.5) is 0 Å². The smallest absolute Gasteiger partial charge is 0.164 e. The van der Waals surface area contributed by atoms with Gasteiger partial charge in [-0.05, 0) is 80.8 Å². The largest absolute Gasteiger partial charge is 0.208 e. The molecule has 3 heteroatoms. The highest BCUT2D eigenvalue weighted by atomic mass is 15.0. The quantitative estimate of drug-likeness (QED) is 0.146. The molecule has 0 radical (unpaired) electrons. The number of hydrogen-bond acceptors (Lipinski definition) is 3. The Morgan fingerprint density at radius 3 is 1.00 bits per heavy atom. The van der Waals surface area contributed by atoms with Crippen LogP contribution in [0, 0.1) is 0 Å². The molecule has 242 valence electrons. The summed E-state index contributed by atoms with van der Waals surface area (Å²) in [5, 5.41) is 0. The minimum absolute atomic E-state index is 0.642. The van der Waals surface area contributed by atoms with E-state index >= 15 is 0 Å². The highest BCUT2D eigenvalue weighted by Crippen LogP contribution is 2.33. The molecular weight excluding hydrogens is 619 g/mol. The van der Waals surface area contributed by atoms with Crippen molar-refractivity contribution in [1.82, 2.24) is 15.0 Å². The number of allylic oxidation sites excluding steroid dienone is 1. The van der Waals surface area contributed by atoms with E-state index < -0.39 is 0 Å². The van der Waals surface area contributed by atoms with Crippen LogP contribution in [0.5, 0.6) is 0 Å². The molecule has 7 aromatic carbocycles. The van der Waals surface area contributed by atoms with Gasteiger partial charge in [0.15, 0.2) is 17.5 Å². The number of aromatic nitrogens is 3. The summed E-state index contributed by atoms with van der Waals surface area (Å²) in [4.78, 5) is 14.8. The molecule has 0 amide bonds. The zero-order chi connectivity index (χ0) is 34.4. The summed E-state index contributed by atoms with van der Waals surface area (Å²) in [6, 6.07) is 63.6. The van der Waals surface area contributed by atoms with Crippen LogP contribution in [0.15, 0.2) is 195 Å². The molecule has 0 saturated heterocycles. The zero-order valence-electron chi connectivity index (χ0n) is 28.2. The molecule has 1 aromatic heterocycles. The van der Waals surface area contributed by atoms with Gasteiger partial charge in [0, 0.05) is 16.7 Å². The van der Waals surface area contributed by atoms with Crippen molar-refractivity contribution < 1.29 is 0 Å². The first-order valence-electron chi connectivity index (χ1n) is 17.2. The summed E-state index contributed by atoms with van der Waals surface area (Å²) in [5.41, 5.74) is 13.4. The van der Waals surface area contributed by atoms with E-state index in [1.165, 1.54) is 33.4 Å². The van der Waals surface area contributed by atoms with Gasteiger partial charge in [0.05, 0.1) is 0 Å². The molecular formula is C48H35N3. The second-order valence-corrected chi connectivity index (χ2v) is 12.6. The van der Waals surface area contributed by atoms with Crippen LogP contribution in [0.2, 0.25) is 0 Å². The van der Waals surface area contributed by atoms with E-state index in [1.54, 1.807) is 0 Å². The fraction of sp³-hybridized carbons (Fsp3) is 0.0208. The third kappa shape index (κ3) is 7.05. The molecule has 0 fully saturated rings. The summed E-state index contributed by atoms with van der Waals surface area (Å²) < 4.78 is 0. The van der Waals surface area contributed by atoms with Crippen molar-refractivity contribution in [3.63, 3.8) is 0 Å². The number of nitrogens with zero attached hydrogens (tertiary/aromatic N) is 3. The van der Waals surface area contributed by atoms with Crippen LogP contribution in [0.3, 0.4) is 0 Å². The molecule has 0 bridgehead atoms. The second kappa shape index (κ2) is 14.4. The highest BCUT2D eigenvalue weighted by Gasteiger charge is 2.13. The van der Waals surface area contributed by atoms with Crippen LogP contribution in [0.1, 0.15) is 5.56 Å². The Morgan fingerprint density at radius 2 is 0.608 bits per heavy atom. The first-order valence-corrected chi connectivity index (χ1v) is 17.2. The standard InChI is InChI=1S/C48H35N3/c1-2-14-34-15-9-20-37(29-34)38-21-10-22-39(30-38)40-23-11-24-41(31-40)42-25-12-26-43(32-42)44-27-13-28-45(33-44)48-50-46(35-16-5-3-6-17-35)49-47(51-48)36-18-7-4-8-19-36/h2-13,15-33H,1,14H2. The predicted octanol–water partition coefficient (Wildman–Crippen LogP) is 12.3. The van der Waals surface area contributed by atoms with Crippen molar-refractivity contribution in [3.05, 3.63) is 200 Å². The Balaban J connectivity index is 1.12. The molecule has 8 aromatic rings. The molecule has 0 unspecified atom stereocenters. The van der Waals surface area contributed by atoms with Crippen molar-refractivity contribution >= 4 is 0 Å². The average molecular weight is 654 g/mol. The van der Waals surface area contributed by atoms with E-state index in [1.807, 2.05) is 66.7 Å². The zero-order valence-corrected chi connectivity index (χ0v) is 28.2. The number of hydrogen-bond donors (Lipinski definition) is 0. The van der Waals surface area contributed by atoms with E-state index in [9.17, 15) is 0 Å². The van der Waals surface area contributed by atoms with Crippen molar-refractivity contribution in [3.8, 4) is 78.7 Å². The van der Waals surface area contributed by atoms with E-state index in [4.69, 9.17) is 15.0 Å². The third-order valence-corrected chi connectivity index (χ3v) is 9.05. The van der Waals surface area contributed by atoms with Crippen LogP contribution in [0.25, 0.3) is 78.7 Å². The summed E-state index contributed by atoms with van der Waals surface area (Å²) in [6.07, 6.45) is 2.81. The molecule has 1 heterocycles. The molecule has 0 aliphatic carbocycles. The van der Waals surface area contributed by atoms with Crippen LogP contribution >= 0.6 is 0 Å². The van der Waals surface area contributed by atoms with Gasteiger partial charge in [-0.2, -0.15) is 0 Å². The predicted molar refractivity (Wildman–Crippen MR) is 212 cm³/mol. The fourth-order valence-corrected chi connectivity index (χ4v) is 6.46. The molecule has 0 N–H and O–H groups in total. The monoisotopic (exact) mass is 653 g/mol. The molecule has 0 atom stereocenters. The minimum atomic E-state index is 0.642. The van der Waals surface area contributed by atoms with Crippen LogP contribution in [-0.2, 0) is 6.42 Å². The highest BCUT2D eigenvalue weighted by molar-refractivity contribution is 5.80. The van der Waals surface area contributed by atoms with Crippen LogP contribution in [-0.4, -0.2) is 15.0 Å². The first kappa shape index (κ1) is 31.6. The summed E-state index contributed by atoms with van der Waals surface area (Å²) in [5.74, 6) is 1.94. The Kier molecular flexibility index (Phi) is 8.92. The minimum Gasteiger partial charge on any atom is -0.208 e. The lowest BCUT2D eigenvalue weighted by Crippen LogP contribution is -2.00. The fourth-order valence-electron chi connectivity index (χ4n) is 6.46. The summed E-state index contributed by atoms with van der Waals surface area (Å²) in [6.45, 7) is 3.90. The maximum atomic E-state index is 4.95. The maximum Gasteiger partial charge on any atom is 0.164 e. The Morgan fingerprint density at radius 1 is 0.314 bits per heavy atom. The van der Waals surface area contributed by atoms with Crippen molar-refractivity contribution in [1.29, 1.82) is 0 Å². The van der Waals surface area contributed by atoms with E-state index in [0.717, 1.165) is 39.8 Å². The lowest BCUT2D eigenvalue weighted by Gasteiger charge is -2.11. The van der Waals surface area contributed by atoms with E-state index in [-0.39, 0.29) is 0 Å². The van der Waals surface area contributed by atoms with E-state index in [0.29, 0.717) is 17.5 Å². The molecule has 0 saturated carbocycles. The van der Waals surface area contributed by atoms with Crippen molar-refractivity contribution in [2.45, 2.75) is 6.42 Å². The summed E-state index contributed by atoms with van der Waals surface area (Å²) in [7, 11) is 0. The summed E-state index contributed by atoms with van der Waals surface area (Å²) >= 11 is 0. The molecule has 0 spiro atoms. The maximum absolute atomic E-state index is 4.95. The van der Waals surface area contributed by atoms with Gasteiger partial charge < -0.3 is 0 Å². The average Bonchev–Trinajstić information content (AvgIpc) is 3.22. The molecule has 8 rings (SSSR count). The van der Waals surface area contributed by atoms with Gasteiger partial charge in [-0.25, -0.2) is 15.0 Å². The van der Waals surface area contributed by atoms with Gasteiger partial charge in [-0.1, -0.05) is 164 Å². The topological polar surface area (TPSA) is 38.7 Å². The van der Waals surface area contributed by atoms with Gasteiger partial charge >= 0.3 is 0 Å². The van der Waals surface area contributed by atoms with Gasteiger partial charge in [-0.3, -0.25) is 0 Å². The van der Waals surface area contributed by atoms with Gasteiger partial charge in [0.2, 0.25) is 0 Å². The Hall–Kier alpha value is -6.71. The second-order valence-electron chi connectivity index (χ2n) is 12.6. The molecule has 3 nitrogen and oxygen atoms in total. The lowest BCUT2D eigenvalue weighted by atomic mass is 9.94. The third-order valence-electron chi connectivity index (χ3n) is 9.05. The molecule has 0 aliphatic heterocycles. The van der Waals surface area contributed by atoms with Gasteiger partial charge in [0.1, 0.15) is 0 Å². The van der Waals surface area contributed by atoms with Crippen molar-refractivity contribution in [2.75, 3.05) is 0 Å².